The van der Waals surface area contributed by atoms with Gasteiger partial charge in [0, 0.05) is 11.3 Å². The number of nitrogen functional groups attached to an aromatic ring is 1. The molecule has 3 heterocycles. The molecule has 0 aliphatic carbocycles. The van der Waals surface area contributed by atoms with Gasteiger partial charge in [-0.15, -0.1) is 10.2 Å². The number of nitrogens with two attached hydrogens (primary N) is 1. The highest BCUT2D eigenvalue weighted by Crippen LogP contribution is 2.39. The van der Waals surface area contributed by atoms with Crippen LogP contribution in [0, 0.1) is 12.7 Å². The Labute approximate surface area is 166 Å². The fourth-order valence-corrected chi connectivity index (χ4v) is 3.26. The van der Waals surface area contributed by atoms with E-state index in [2.05, 4.69) is 20.2 Å². The lowest BCUT2D eigenvalue weighted by Gasteiger charge is -2.15. The van der Waals surface area contributed by atoms with Crippen LogP contribution in [-0.2, 0) is 6.18 Å². The molecule has 0 saturated heterocycles. The smallest absolute Gasteiger partial charge is 0.369 e. The minimum Gasteiger partial charge on any atom is -0.369 e. The predicted octanol–water partition coefficient (Wildman–Crippen LogP) is 4.56. The van der Waals surface area contributed by atoms with Gasteiger partial charge in [0.2, 0.25) is 5.95 Å². The van der Waals surface area contributed by atoms with Gasteiger partial charge < -0.3 is 5.73 Å². The summed E-state index contributed by atoms with van der Waals surface area (Å²) < 4.78 is 54.8. The Morgan fingerprint density at radius 1 is 1.10 bits per heavy atom. The van der Waals surface area contributed by atoms with Crippen LogP contribution in [0.5, 0.6) is 0 Å². The Hall–Kier alpha value is -3.27. The second kappa shape index (κ2) is 6.66. The average Bonchev–Trinajstić information content (AvgIpc) is 3.10. The van der Waals surface area contributed by atoms with E-state index in [1.807, 2.05) is 0 Å². The van der Waals surface area contributed by atoms with Gasteiger partial charge >= 0.3 is 6.18 Å². The SMILES string of the molecule is Cc1cc(-c2c(-c3ccc(F)cc3Cl)nc(N)n3cnnc23)cc(C(F)(F)F)n1. The molecule has 29 heavy (non-hydrogen) atoms. The number of hydrogen-bond acceptors (Lipinski definition) is 5. The minimum absolute atomic E-state index is 0.00837. The molecule has 0 fully saturated rings. The van der Waals surface area contributed by atoms with Crippen molar-refractivity contribution in [1.29, 1.82) is 0 Å². The number of aryl methyl sites for hydroxylation is 1. The zero-order valence-corrected chi connectivity index (χ0v) is 15.4. The molecule has 2 N–H and O–H groups in total. The quantitative estimate of drug-likeness (QED) is 0.479. The monoisotopic (exact) mass is 422 g/mol. The molecular weight excluding hydrogens is 412 g/mol. The van der Waals surface area contributed by atoms with Gasteiger partial charge in [-0.2, -0.15) is 13.2 Å². The van der Waals surface area contributed by atoms with Crippen molar-refractivity contribution in [3.63, 3.8) is 0 Å². The van der Waals surface area contributed by atoms with Crippen LogP contribution in [0.25, 0.3) is 28.0 Å². The normalized spacial score (nSPS) is 11.9. The fraction of sp³-hybridized carbons (Fsp3) is 0.111. The molecule has 0 atom stereocenters. The number of benzene rings is 1. The molecule has 4 aromatic rings. The Bertz CT molecular complexity index is 1250. The van der Waals surface area contributed by atoms with Crippen LogP contribution in [0.2, 0.25) is 5.02 Å². The summed E-state index contributed by atoms with van der Waals surface area (Å²) >= 11 is 6.18. The van der Waals surface area contributed by atoms with E-state index in [0.29, 0.717) is 0 Å². The van der Waals surface area contributed by atoms with Crippen molar-refractivity contribution in [1.82, 2.24) is 24.6 Å². The van der Waals surface area contributed by atoms with Gasteiger partial charge in [0.05, 0.1) is 16.3 Å². The zero-order chi connectivity index (χ0) is 20.9. The number of pyridine rings is 1. The maximum atomic E-state index is 13.5. The van der Waals surface area contributed by atoms with E-state index in [4.69, 9.17) is 17.3 Å². The van der Waals surface area contributed by atoms with Crippen LogP contribution >= 0.6 is 11.6 Å². The van der Waals surface area contributed by atoms with Crippen LogP contribution in [0.3, 0.4) is 0 Å². The molecule has 11 heteroatoms. The number of fused-ring (bicyclic) bond motifs is 1. The molecule has 3 aromatic heterocycles. The first-order valence-corrected chi connectivity index (χ1v) is 8.54. The first-order valence-electron chi connectivity index (χ1n) is 8.16. The summed E-state index contributed by atoms with van der Waals surface area (Å²) in [5, 5.41) is 7.78. The van der Waals surface area contributed by atoms with E-state index >= 15 is 0 Å². The van der Waals surface area contributed by atoms with Gasteiger partial charge in [0.25, 0.3) is 0 Å². The molecule has 0 unspecified atom stereocenters. The lowest BCUT2D eigenvalue weighted by molar-refractivity contribution is -0.141. The maximum absolute atomic E-state index is 13.5. The molecule has 0 aliphatic rings. The fourth-order valence-electron chi connectivity index (χ4n) is 3.00. The van der Waals surface area contributed by atoms with Crippen LogP contribution < -0.4 is 5.73 Å². The Balaban J connectivity index is 2.10. The van der Waals surface area contributed by atoms with Crippen molar-refractivity contribution < 1.29 is 17.6 Å². The van der Waals surface area contributed by atoms with E-state index in [0.717, 1.165) is 18.2 Å². The second-order valence-electron chi connectivity index (χ2n) is 6.22. The van der Waals surface area contributed by atoms with E-state index in [-0.39, 0.29) is 44.7 Å². The highest BCUT2D eigenvalue weighted by Gasteiger charge is 2.33. The summed E-state index contributed by atoms with van der Waals surface area (Å²) in [5.41, 5.74) is 5.98. The van der Waals surface area contributed by atoms with Gasteiger partial charge in [0.1, 0.15) is 17.8 Å². The number of nitrogens with zero attached hydrogens (tertiary/aromatic N) is 5. The number of alkyl halides is 3. The predicted molar refractivity (Wildman–Crippen MR) is 98.6 cm³/mol. The summed E-state index contributed by atoms with van der Waals surface area (Å²) in [5.74, 6) is -0.582. The van der Waals surface area contributed by atoms with Gasteiger partial charge in [-0.05, 0) is 42.8 Å². The summed E-state index contributed by atoms with van der Waals surface area (Å²) in [4.78, 5) is 7.84. The third-order valence-electron chi connectivity index (χ3n) is 4.20. The molecule has 6 nitrogen and oxygen atoms in total. The summed E-state index contributed by atoms with van der Waals surface area (Å²) in [6.07, 6.45) is -3.37. The second-order valence-corrected chi connectivity index (χ2v) is 6.63. The molecule has 0 amide bonds. The third kappa shape index (κ3) is 3.35. The summed E-state index contributed by atoms with van der Waals surface area (Å²) in [6.45, 7) is 1.44. The van der Waals surface area contributed by atoms with Crippen LogP contribution in [0.4, 0.5) is 23.5 Å². The topological polar surface area (TPSA) is 82.0 Å². The van der Waals surface area contributed by atoms with Gasteiger partial charge in [-0.25, -0.2) is 14.4 Å². The largest absolute Gasteiger partial charge is 0.433 e. The van der Waals surface area contributed by atoms with Crippen LogP contribution in [0.1, 0.15) is 11.4 Å². The molecular formula is C18H11ClF4N6. The Morgan fingerprint density at radius 3 is 2.55 bits per heavy atom. The van der Waals surface area contributed by atoms with E-state index in [9.17, 15) is 17.6 Å². The van der Waals surface area contributed by atoms with E-state index < -0.39 is 17.7 Å². The van der Waals surface area contributed by atoms with Crippen LogP contribution in [0.15, 0.2) is 36.7 Å². The Morgan fingerprint density at radius 2 is 1.86 bits per heavy atom. The van der Waals surface area contributed by atoms with Crippen molar-refractivity contribution in [2.75, 3.05) is 5.73 Å². The molecule has 4 rings (SSSR count). The highest BCUT2D eigenvalue weighted by atomic mass is 35.5. The van der Waals surface area contributed by atoms with Crippen molar-refractivity contribution in [3.8, 4) is 22.4 Å². The number of hydrogen-bond donors (Lipinski definition) is 1. The molecule has 0 saturated carbocycles. The third-order valence-corrected chi connectivity index (χ3v) is 4.51. The van der Waals surface area contributed by atoms with Gasteiger partial charge in [-0.1, -0.05) is 11.6 Å². The number of aromatic nitrogens is 5. The molecule has 0 radical (unpaired) electrons. The van der Waals surface area contributed by atoms with Crippen LogP contribution in [-0.4, -0.2) is 24.6 Å². The number of rotatable bonds is 2. The highest BCUT2D eigenvalue weighted by molar-refractivity contribution is 6.33. The van der Waals surface area contributed by atoms with Crippen molar-refractivity contribution in [2.45, 2.75) is 13.1 Å². The van der Waals surface area contributed by atoms with E-state index in [1.165, 1.54) is 29.8 Å². The molecule has 148 valence electrons. The number of anilines is 1. The summed E-state index contributed by atoms with van der Waals surface area (Å²) in [7, 11) is 0. The minimum atomic E-state index is -4.65. The maximum Gasteiger partial charge on any atom is 0.433 e. The first-order chi connectivity index (χ1) is 13.6. The number of halogens is 5. The van der Waals surface area contributed by atoms with Crippen molar-refractivity contribution >= 4 is 23.2 Å². The van der Waals surface area contributed by atoms with Crippen molar-refractivity contribution in [2.24, 2.45) is 0 Å². The lowest BCUT2D eigenvalue weighted by Crippen LogP contribution is -2.10. The molecule has 0 bridgehead atoms. The first kappa shape index (κ1) is 19.1. The van der Waals surface area contributed by atoms with E-state index in [1.54, 1.807) is 0 Å². The van der Waals surface area contributed by atoms with Gasteiger partial charge in [-0.3, -0.25) is 4.40 Å². The zero-order valence-electron chi connectivity index (χ0n) is 14.7. The molecule has 0 aliphatic heterocycles. The molecule has 1 aromatic carbocycles. The lowest BCUT2D eigenvalue weighted by atomic mass is 9.99. The molecule has 0 spiro atoms. The average molecular weight is 423 g/mol. The van der Waals surface area contributed by atoms with Gasteiger partial charge in [0.15, 0.2) is 5.65 Å². The standard InChI is InChI=1S/C18H11ClF4N6/c1-8-4-9(5-13(26-8)18(21,22)23)14-15(11-3-2-10(20)6-12(11)19)27-17(24)29-7-25-28-16(14)29/h2-7H,1H3,(H2,24,27). The Kier molecular flexibility index (Phi) is 4.38. The van der Waals surface area contributed by atoms with Crippen molar-refractivity contribution in [3.05, 3.63) is 58.9 Å². The summed E-state index contributed by atoms with van der Waals surface area (Å²) in [6, 6.07) is 5.95.